The van der Waals surface area contributed by atoms with Crippen LogP contribution in [0.5, 0.6) is 5.75 Å². The van der Waals surface area contributed by atoms with Gasteiger partial charge in [-0.05, 0) is 23.6 Å². The first-order valence-corrected chi connectivity index (χ1v) is 13.1. The fourth-order valence-electron chi connectivity index (χ4n) is 4.49. The number of rotatable bonds is 7. The SMILES string of the molecule is CC(F)Oc1cccc(-c2nn(CC(C)(C)C)c3cc(C(=O)CC4(C)CS(=O)(=O)C4)cnc23)c1. The van der Waals surface area contributed by atoms with Crippen LogP contribution in [0.2, 0.25) is 0 Å². The molecule has 1 aromatic carbocycles. The van der Waals surface area contributed by atoms with Gasteiger partial charge in [-0.2, -0.15) is 5.10 Å². The summed E-state index contributed by atoms with van der Waals surface area (Å²) in [7, 11) is -3.03. The number of aromatic nitrogens is 3. The number of nitrogens with zero attached hydrogens (tertiary/aromatic N) is 3. The van der Waals surface area contributed by atoms with Crippen LogP contribution >= 0.6 is 0 Å². The molecule has 1 aliphatic rings. The molecule has 1 saturated heterocycles. The number of hydrogen-bond donors (Lipinski definition) is 0. The van der Waals surface area contributed by atoms with Gasteiger partial charge in [-0.25, -0.2) is 12.8 Å². The minimum absolute atomic E-state index is 0.0312. The van der Waals surface area contributed by atoms with E-state index in [4.69, 9.17) is 9.84 Å². The normalized spacial score (nSPS) is 17.8. The summed E-state index contributed by atoms with van der Waals surface area (Å²) in [5.41, 5.74) is 2.51. The fraction of sp³-hybridized carbons (Fsp3) is 0.480. The number of benzene rings is 1. The van der Waals surface area contributed by atoms with Crippen LogP contribution in [-0.2, 0) is 16.4 Å². The molecule has 0 saturated carbocycles. The van der Waals surface area contributed by atoms with Gasteiger partial charge in [0.05, 0.1) is 17.0 Å². The number of ketones is 1. The van der Waals surface area contributed by atoms with Crippen molar-refractivity contribution in [2.45, 2.75) is 53.9 Å². The van der Waals surface area contributed by atoms with Gasteiger partial charge in [-0.3, -0.25) is 14.5 Å². The molecule has 0 radical (unpaired) electrons. The molecule has 3 heterocycles. The number of alkyl halides is 1. The van der Waals surface area contributed by atoms with E-state index in [1.54, 1.807) is 24.3 Å². The lowest BCUT2D eigenvalue weighted by Crippen LogP contribution is -2.47. The highest BCUT2D eigenvalue weighted by Gasteiger charge is 2.45. The van der Waals surface area contributed by atoms with Crippen molar-refractivity contribution in [3.63, 3.8) is 0 Å². The molecule has 3 aromatic rings. The van der Waals surface area contributed by atoms with E-state index in [2.05, 4.69) is 25.8 Å². The maximum atomic E-state index is 13.4. The third kappa shape index (κ3) is 5.29. The highest BCUT2D eigenvalue weighted by Crippen LogP contribution is 2.37. The minimum Gasteiger partial charge on any atom is -0.461 e. The first-order valence-electron chi connectivity index (χ1n) is 11.3. The van der Waals surface area contributed by atoms with Gasteiger partial charge in [0.25, 0.3) is 0 Å². The Morgan fingerprint density at radius 2 is 1.97 bits per heavy atom. The molecule has 1 unspecified atom stereocenters. The number of ether oxygens (including phenoxy) is 1. The number of fused-ring (bicyclic) bond motifs is 1. The van der Waals surface area contributed by atoms with E-state index in [0.717, 1.165) is 5.56 Å². The molecule has 4 rings (SSSR count). The Kier molecular flexibility index (Phi) is 6.04. The van der Waals surface area contributed by atoms with Crippen LogP contribution < -0.4 is 4.74 Å². The molecule has 1 fully saturated rings. The van der Waals surface area contributed by atoms with Gasteiger partial charge >= 0.3 is 0 Å². The maximum absolute atomic E-state index is 13.4. The monoisotopic (exact) mass is 487 g/mol. The highest BCUT2D eigenvalue weighted by molar-refractivity contribution is 7.92. The number of sulfone groups is 1. The number of pyridine rings is 1. The van der Waals surface area contributed by atoms with Gasteiger partial charge < -0.3 is 4.74 Å². The lowest BCUT2D eigenvalue weighted by molar-refractivity contribution is 0.0860. The Labute approximate surface area is 199 Å². The third-order valence-corrected chi connectivity index (χ3v) is 7.94. The van der Waals surface area contributed by atoms with Gasteiger partial charge in [0, 0.05) is 42.6 Å². The Hall–Kier alpha value is -2.81. The lowest BCUT2D eigenvalue weighted by Gasteiger charge is -2.37. The molecule has 34 heavy (non-hydrogen) atoms. The minimum atomic E-state index is -3.03. The van der Waals surface area contributed by atoms with Gasteiger partial charge in [-0.1, -0.05) is 39.8 Å². The number of hydrogen-bond acceptors (Lipinski definition) is 6. The molecule has 0 spiro atoms. The van der Waals surface area contributed by atoms with E-state index >= 15 is 0 Å². The second kappa shape index (κ2) is 8.45. The first-order chi connectivity index (χ1) is 15.7. The average Bonchev–Trinajstić information content (AvgIpc) is 3.02. The molecule has 0 amide bonds. The maximum Gasteiger partial charge on any atom is 0.235 e. The van der Waals surface area contributed by atoms with E-state index in [1.807, 2.05) is 17.7 Å². The van der Waals surface area contributed by atoms with Crippen molar-refractivity contribution in [2.75, 3.05) is 11.5 Å². The van der Waals surface area contributed by atoms with Crippen LogP contribution in [0.3, 0.4) is 0 Å². The molecular formula is C25H30FN3O4S. The van der Waals surface area contributed by atoms with Crippen molar-refractivity contribution in [1.82, 2.24) is 14.8 Å². The van der Waals surface area contributed by atoms with Crippen LogP contribution in [0.4, 0.5) is 4.39 Å². The first kappa shape index (κ1) is 24.3. The molecule has 182 valence electrons. The number of Topliss-reactive ketones (excluding diaryl/α,β-unsaturated/α-hetero) is 1. The molecule has 0 aliphatic carbocycles. The van der Waals surface area contributed by atoms with Crippen molar-refractivity contribution in [3.05, 3.63) is 42.1 Å². The third-order valence-electron chi connectivity index (χ3n) is 5.67. The van der Waals surface area contributed by atoms with Crippen molar-refractivity contribution < 1.29 is 22.3 Å². The lowest BCUT2D eigenvalue weighted by atomic mass is 9.86. The van der Waals surface area contributed by atoms with Crippen molar-refractivity contribution >= 4 is 26.7 Å². The van der Waals surface area contributed by atoms with Crippen LogP contribution in [0.25, 0.3) is 22.3 Å². The largest absolute Gasteiger partial charge is 0.461 e. The quantitative estimate of drug-likeness (QED) is 0.443. The summed E-state index contributed by atoms with van der Waals surface area (Å²) in [6, 6.07) is 8.81. The summed E-state index contributed by atoms with van der Waals surface area (Å²) in [4.78, 5) is 17.6. The predicted molar refractivity (Wildman–Crippen MR) is 129 cm³/mol. The summed E-state index contributed by atoms with van der Waals surface area (Å²) in [6.45, 7) is 10.0. The molecule has 0 N–H and O–H groups in total. The zero-order valence-electron chi connectivity index (χ0n) is 20.1. The van der Waals surface area contributed by atoms with Gasteiger partial charge in [-0.15, -0.1) is 0 Å². The smallest absolute Gasteiger partial charge is 0.235 e. The van der Waals surface area contributed by atoms with Crippen LogP contribution in [-0.4, -0.2) is 46.8 Å². The Morgan fingerprint density at radius 3 is 2.59 bits per heavy atom. The zero-order valence-corrected chi connectivity index (χ0v) is 20.9. The van der Waals surface area contributed by atoms with Gasteiger partial charge in [0.1, 0.15) is 17.0 Å². The molecule has 9 heteroatoms. The van der Waals surface area contributed by atoms with E-state index < -0.39 is 21.6 Å². The van der Waals surface area contributed by atoms with Crippen LogP contribution in [0.15, 0.2) is 36.5 Å². The molecule has 1 atom stereocenters. The second-order valence-corrected chi connectivity index (χ2v) is 12.9. The molecular weight excluding hydrogens is 457 g/mol. The van der Waals surface area contributed by atoms with Gasteiger partial charge in [0.2, 0.25) is 6.36 Å². The van der Waals surface area contributed by atoms with E-state index in [-0.39, 0.29) is 29.1 Å². The molecule has 2 aromatic heterocycles. The zero-order chi connectivity index (χ0) is 24.9. The standard InChI is InChI=1S/C25H30FN3O4S/c1-16(26)33-19-8-6-7-17(9-19)22-23-20(29(28-22)13-24(2,3)4)10-18(12-27-23)21(30)11-25(5)14-34(31,32)15-25/h6-10,12,16H,11,13-15H2,1-5H3. The van der Waals surface area contributed by atoms with E-state index in [1.165, 1.54) is 13.1 Å². The van der Waals surface area contributed by atoms with Crippen molar-refractivity contribution in [2.24, 2.45) is 10.8 Å². The summed E-state index contributed by atoms with van der Waals surface area (Å²) in [6.07, 6.45) is 0.239. The summed E-state index contributed by atoms with van der Waals surface area (Å²) in [5.74, 6) is 0.318. The molecule has 7 nitrogen and oxygen atoms in total. The number of carbonyl (C=O) groups excluding carboxylic acids is 1. The summed E-state index contributed by atoms with van der Waals surface area (Å²) >= 11 is 0. The highest BCUT2D eigenvalue weighted by atomic mass is 32.2. The second-order valence-electron chi connectivity index (χ2n) is 10.8. The summed E-state index contributed by atoms with van der Waals surface area (Å²) < 4.78 is 43.6. The molecule has 0 bridgehead atoms. The fourth-order valence-corrected chi connectivity index (χ4v) is 6.73. The van der Waals surface area contributed by atoms with Crippen LogP contribution in [0.1, 0.15) is 51.4 Å². The number of halogens is 1. The average molecular weight is 488 g/mol. The Bertz CT molecular complexity index is 1340. The molecule has 1 aliphatic heterocycles. The topological polar surface area (TPSA) is 91.2 Å². The van der Waals surface area contributed by atoms with E-state index in [9.17, 15) is 17.6 Å². The van der Waals surface area contributed by atoms with E-state index in [0.29, 0.717) is 34.6 Å². The Balaban J connectivity index is 1.74. The number of carbonyl (C=O) groups is 1. The van der Waals surface area contributed by atoms with Gasteiger partial charge in [0.15, 0.2) is 15.6 Å². The Morgan fingerprint density at radius 1 is 1.26 bits per heavy atom. The van der Waals surface area contributed by atoms with Crippen molar-refractivity contribution in [3.8, 4) is 17.0 Å². The summed E-state index contributed by atoms with van der Waals surface area (Å²) in [5, 5.41) is 4.80. The van der Waals surface area contributed by atoms with Crippen LogP contribution in [0, 0.1) is 10.8 Å². The predicted octanol–water partition coefficient (Wildman–Crippen LogP) is 4.85. The van der Waals surface area contributed by atoms with Crippen molar-refractivity contribution in [1.29, 1.82) is 0 Å².